The van der Waals surface area contributed by atoms with E-state index >= 15 is 0 Å². The van der Waals surface area contributed by atoms with Crippen LogP contribution in [0.1, 0.15) is 11.1 Å². The first-order chi connectivity index (χ1) is 16.3. The van der Waals surface area contributed by atoms with E-state index in [0.29, 0.717) is 16.6 Å². The van der Waals surface area contributed by atoms with Crippen LogP contribution in [0.4, 0.5) is 5.82 Å². The second-order valence-electron chi connectivity index (χ2n) is 7.72. The second-order valence-corrected chi connectivity index (χ2v) is 9.61. The van der Waals surface area contributed by atoms with Crippen molar-refractivity contribution in [2.45, 2.75) is 16.7 Å². The van der Waals surface area contributed by atoms with E-state index in [1.807, 2.05) is 6.92 Å². The van der Waals surface area contributed by atoms with Crippen LogP contribution in [-0.2, 0) is 9.84 Å². The molecule has 0 unspecified atom stereocenters. The zero-order valence-corrected chi connectivity index (χ0v) is 18.7. The van der Waals surface area contributed by atoms with Crippen molar-refractivity contribution in [1.82, 2.24) is 14.6 Å². The molecule has 5 aromatic rings. The first-order valence-electron chi connectivity index (χ1n) is 10.2. The first kappa shape index (κ1) is 21.4. The summed E-state index contributed by atoms with van der Waals surface area (Å²) in [5.41, 5.74) is 9.05. The summed E-state index contributed by atoms with van der Waals surface area (Å²) in [4.78, 5) is 9.03. The maximum Gasteiger partial charge on any atom is 0.212 e. The van der Waals surface area contributed by atoms with Gasteiger partial charge >= 0.3 is 0 Å². The number of aryl methyl sites for hydroxylation is 1. The predicted molar refractivity (Wildman–Crippen MR) is 129 cm³/mol. The molecule has 0 aliphatic carbocycles. The van der Waals surface area contributed by atoms with Crippen LogP contribution in [0.25, 0.3) is 22.2 Å². The number of benzene rings is 3. The lowest BCUT2D eigenvalue weighted by Gasteiger charge is -2.05. The fourth-order valence-corrected chi connectivity index (χ4v) is 5.07. The van der Waals surface area contributed by atoms with Crippen LogP contribution in [0.5, 0.6) is 11.5 Å². The number of aromatic nitrogens is 3. The van der Waals surface area contributed by atoms with Gasteiger partial charge in [-0.1, -0.05) is 29.8 Å². The Balaban J connectivity index is 1.78. The molecule has 2 aromatic heterocycles. The van der Waals surface area contributed by atoms with Crippen molar-refractivity contribution in [1.29, 1.82) is 0 Å². The van der Waals surface area contributed by atoms with E-state index in [1.54, 1.807) is 36.4 Å². The molecule has 170 valence electrons. The Morgan fingerprint density at radius 1 is 0.941 bits per heavy atom. The molecule has 0 aliphatic rings. The van der Waals surface area contributed by atoms with Gasteiger partial charge in [-0.15, -0.1) is 0 Å². The summed E-state index contributed by atoms with van der Waals surface area (Å²) in [7, 11) is -4.05. The SMILES string of the molecule is Cc1ccc(S(=O)(=O)c2c(N)n(/N=C\c3ccc(O)c(O)c3)c3nc4ccccc4nc23)cc1. The molecule has 0 radical (unpaired) electrons. The molecule has 0 saturated heterocycles. The van der Waals surface area contributed by atoms with Crippen molar-refractivity contribution in [3.8, 4) is 11.5 Å². The van der Waals surface area contributed by atoms with Gasteiger partial charge in [0.2, 0.25) is 9.84 Å². The van der Waals surface area contributed by atoms with Crippen LogP contribution in [0, 0.1) is 6.92 Å². The number of sulfone groups is 1. The van der Waals surface area contributed by atoms with Gasteiger partial charge in [0.15, 0.2) is 17.1 Å². The third kappa shape index (κ3) is 3.50. The van der Waals surface area contributed by atoms with Crippen molar-refractivity contribution in [2.75, 3.05) is 5.73 Å². The lowest BCUT2D eigenvalue weighted by atomic mass is 10.2. The van der Waals surface area contributed by atoms with Gasteiger partial charge in [0.05, 0.1) is 22.1 Å². The minimum Gasteiger partial charge on any atom is -0.504 e. The van der Waals surface area contributed by atoms with Gasteiger partial charge in [0.1, 0.15) is 16.2 Å². The molecule has 0 amide bonds. The summed E-state index contributed by atoms with van der Waals surface area (Å²) in [5, 5.41) is 23.6. The Morgan fingerprint density at radius 3 is 2.29 bits per heavy atom. The zero-order valence-electron chi connectivity index (χ0n) is 17.9. The number of hydrogen-bond donors (Lipinski definition) is 3. The number of rotatable bonds is 4. The van der Waals surface area contributed by atoms with Crippen LogP contribution in [0.2, 0.25) is 0 Å². The van der Waals surface area contributed by atoms with Gasteiger partial charge in [-0.05, 0) is 55.0 Å². The van der Waals surface area contributed by atoms with Gasteiger partial charge in [-0.2, -0.15) is 9.78 Å². The Bertz CT molecular complexity index is 1710. The highest BCUT2D eigenvalue weighted by Crippen LogP contribution is 2.35. The van der Waals surface area contributed by atoms with Crippen LogP contribution >= 0.6 is 0 Å². The number of phenolic OH excluding ortho intramolecular Hbond substituents is 2. The average Bonchev–Trinajstić information content (AvgIpc) is 3.09. The van der Waals surface area contributed by atoms with Gasteiger partial charge in [-0.25, -0.2) is 18.4 Å². The zero-order chi connectivity index (χ0) is 24.0. The number of nitrogens with two attached hydrogens (primary N) is 1. The molecule has 0 atom stereocenters. The molecule has 4 N–H and O–H groups in total. The van der Waals surface area contributed by atoms with E-state index in [1.165, 1.54) is 41.2 Å². The maximum absolute atomic E-state index is 13.6. The molecule has 0 aliphatic heterocycles. The number of hydrogen-bond acceptors (Lipinski definition) is 8. The summed E-state index contributed by atoms with van der Waals surface area (Å²) < 4.78 is 28.4. The molecule has 5 rings (SSSR count). The normalized spacial score (nSPS) is 12.1. The molecule has 0 bridgehead atoms. The lowest BCUT2D eigenvalue weighted by Crippen LogP contribution is -2.06. The standard InChI is InChI=1S/C24H19N5O4S/c1-14-6-9-16(10-7-14)34(32,33)22-21-24(28-18-5-3-2-4-17(18)27-21)29(23(22)25)26-13-15-8-11-19(30)20(31)12-15/h2-13,30-31H,25H2,1H3/b26-13-. The third-order valence-corrected chi connectivity index (χ3v) is 7.18. The summed E-state index contributed by atoms with van der Waals surface area (Å²) >= 11 is 0. The number of nitrogen functional groups attached to an aromatic ring is 1. The van der Waals surface area contributed by atoms with Crippen molar-refractivity contribution >= 4 is 44.1 Å². The van der Waals surface area contributed by atoms with Crippen LogP contribution in [0.3, 0.4) is 0 Å². The number of fused-ring (bicyclic) bond motifs is 2. The summed E-state index contributed by atoms with van der Waals surface area (Å²) in [6.07, 6.45) is 1.37. The minimum absolute atomic E-state index is 0.0752. The fourth-order valence-electron chi connectivity index (χ4n) is 3.58. The van der Waals surface area contributed by atoms with E-state index in [4.69, 9.17) is 5.73 Å². The van der Waals surface area contributed by atoms with Gasteiger partial charge < -0.3 is 15.9 Å². The van der Waals surface area contributed by atoms with E-state index in [2.05, 4.69) is 15.1 Å². The predicted octanol–water partition coefficient (Wildman–Crippen LogP) is 3.60. The molecule has 0 fully saturated rings. The molecular formula is C24H19N5O4S. The minimum atomic E-state index is -4.05. The Hall–Kier alpha value is -4.44. The smallest absolute Gasteiger partial charge is 0.212 e. The van der Waals surface area contributed by atoms with Gasteiger partial charge in [0.25, 0.3) is 0 Å². The van der Waals surface area contributed by atoms with Crippen LogP contribution in [0.15, 0.2) is 81.6 Å². The van der Waals surface area contributed by atoms with E-state index in [0.717, 1.165) is 5.56 Å². The monoisotopic (exact) mass is 473 g/mol. The number of anilines is 1. The number of para-hydroxylation sites is 2. The van der Waals surface area contributed by atoms with Crippen molar-refractivity contribution < 1.29 is 18.6 Å². The lowest BCUT2D eigenvalue weighted by molar-refractivity contribution is 0.403. The molecule has 3 aromatic carbocycles. The van der Waals surface area contributed by atoms with Crippen molar-refractivity contribution in [2.24, 2.45) is 5.10 Å². The fraction of sp³-hybridized carbons (Fsp3) is 0.0417. The van der Waals surface area contributed by atoms with E-state index in [9.17, 15) is 18.6 Å². The number of nitrogens with zero attached hydrogens (tertiary/aromatic N) is 4. The molecule has 9 nitrogen and oxygen atoms in total. The van der Waals surface area contributed by atoms with E-state index in [-0.39, 0.29) is 38.3 Å². The first-order valence-corrected chi connectivity index (χ1v) is 11.7. The molecular weight excluding hydrogens is 454 g/mol. The van der Waals surface area contributed by atoms with E-state index < -0.39 is 9.84 Å². The molecule has 2 heterocycles. The average molecular weight is 474 g/mol. The Labute approximate surface area is 194 Å². The highest BCUT2D eigenvalue weighted by atomic mass is 32.2. The Kier molecular flexibility index (Phi) is 4.94. The van der Waals surface area contributed by atoms with Crippen molar-refractivity contribution in [3.63, 3.8) is 0 Å². The van der Waals surface area contributed by atoms with Gasteiger partial charge in [-0.3, -0.25) is 0 Å². The summed E-state index contributed by atoms with van der Waals surface area (Å²) in [6.45, 7) is 1.87. The topological polar surface area (TPSA) is 144 Å². The molecule has 10 heteroatoms. The largest absolute Gasteiger partial charge is 0.504 e. The third-order valence-electron chi connectivity index (χ3n) is 5.35. The summed E-state index contributed by atoms with van der Waals surface area (Å²) in [6, 6.07) is 17.7. The number of aromatic hydroxyl groups is 2. The molecule has 0 spiro atoms. The molecule has 34 heavy (non-hydrogen) atoms. The van der Waals surface area contributed by atoms with Crippen LogP contribution in [-0.4, -0.2) is 39.5 Å². The van der Waals surface area contributed by atoms with Crippen LogP contribution < -0.4 is 5.73 Å². The summed E-state index contributed by atoms with van der Waals surface area (Å²) in [5.74, 6) is -0.736. The second kappa shape index (κ2) is 7.85. The Morgan fingerprint density at radius 2 is 1.62 bits per heavy atom. The number of phenols is 2. The maximum atomic E-state index is 13.6. The van der Waals surface area contributed by atoms with Gasteiger partial charge in [0, 0.05) is 0 Å². The molecule has 0 saturated carbocycles. The highest BCUT2D eigenvalue weighted by molar-refractivity contribution is 7.92. The quantitative estimate of drug-likeness (QED) is 0.267. The van der Waals surface area contributed by atoms with Crippen molar-refractivity contribution in [3.05, 3.63) is 77.9 Å². The highest BCUT2D eigenvalue weighted by Gasteiger charge is 2.30.